The van der Waals surface area contributed by atoms with E-state index in [-0.39, 0.29) is 5.91 Å². The van der Waals surface area contributed by atoms with E-state index in [0.717, 1.165) is 22.4 Å². The van der Waals surface area contributed by atoms with Crippen LogP contribution in [0, 0.1) is 6.92 Å². The maximum Gasteiger partial charge on any atom is 0.257 e. The number of methoxy groups -OCH3 is 1. The number of hydrogen-bond donors (Lipinski definition) is 0. The zero-order chi connectivity index (χ0) is 16.4. The number of aryl methyl sites for hydroxylation is 1. The van der Waals surface area contributed by atoms with Crippen LogP contribution >= 0.6 is 0 Å². The first-order chi connectivity index (χ1) is 11.1. The Morgan fingerprint density at radius 2 is 2.13 bits per heavy atom. The minimum atomic E-state index is -0.0478. The van der Waals surface area contributed by atoms with Crippen LogP contribution in [0.1, 0.15) is 21.5 Å². The largest absolute Gasteiger partial charge is 0.497 e. The van der Waals surface area contributed by atoms with Gasteiger partial charge in [0.1, 0.15) is 5.75 Å². The van der Waals surface area contributed by atoms with Gasteiger partial charge in [0.25, 0.3) is 5.91 Å². The molecular weight excluding hydrogens is 290 g/mol. The first-order valence-electron chi connectivity index (χ1n) is 7.41. The third-order valence-electron chi connectivity index (χ3n) is 3.81. The minimum absolute atomic E-state index is 0.0478. The molecular formula is C18H19N3O2. The molecule has 118 valence electrons. The molecule has 0 spiro atoms. The molecule has 0 aliphatic rings. The van der Waals surface area contributed by atoms with Crippen molar-refractivity contribution in [1.82, 2.24) is 14.5 Å². The summed E-state index contributed by atoms with van der Waals surface area (Å²) >= 11 is 0. The van der Waals surface area contributed by atoms with E-state index >= 15 is 0 Å². The van der Waals surface area contributed by atoms with Gasteiger partial charge < -0.3 is 9.64 Å². The Kier molecular flexibility index (Phi) is 4.02. The molecule has 5 nitrogen and oxygen atoms in total. The van der Waals surface area contributed by atoms with Gasteiger partial charge in [-0.15, -0.1) is 0 Å². The minimum Gasteiger partial charge on any atom is -0.497 e. The summed E-state index contributed by atoms with van der Waals surface area (Å²) in [6.07, 6.45) is 3.49. The van der Waals surface area contributed by atoms with Gasteiger partial charge in [0.2, 0.25) is 0 Å². The van der Waals surface area contributed by atoms with Crippen molar-refractivity contribution in [2.45, 2.75) is 13.5 Å². The van der Waals surface area contributed by atoms with E-state index in [9.17, 15) is 4.79 Å². The second-order valence-corrected chi connectivity index (χ2v) is 5.60. The molecule has 23 heavy (non-hydrogen) atoms. The lowest BCUT2D eigenvalue weighted by molar-refractivity contribution is 0.0787. The number of carbonyl (C=O) groups excluding carboxylic acids is 1. The second-order valence-electron chi connectivity index (χ2n) is 5.60. The highest BCUT2D eigenvalue weighted by Gasteiger charge is 2.17. The van der Waals surface area contributed by atoms with Gasteiger partial charge in [-0.1, -0.05) is 12.1 Å². The Morgan fingerprint density at radius 3 is 2.91 bits per heavy atom. The molecule has 0 unspecified atom stereocenters. The number of aromatic nitrogens is 2. The Morgan fingerprint density at radius 1 is 1.30 bits per heavy atom. The van der Waals surface area contributed by atoms with Crippen molar-refractivity contribution in [2.24, 2.45) is 0 Å². The third kappa shape index (κ3) is 3.04. The number of nitrogens with zero attached hydrogens (tertiary/aromatic N) is 3. The van der Waals surface area contributed by atoms with Gasteiger partial charge in [0.05, 0.1) is 24.4 Å². The summed E-state index contributed by atoms with van der Waals surface area (Å²) in [4.78, 5) is 14.4. The molecule has 3 aromatic rings. The van der Waals surface area contributed by atoms with Gasteiger partial charge in [-0.3, -0.25) is 4.79 Å². The van der Waals surface area contributed by atoms with Crippen LogP contribution in [0.3, 0.4) is 0 Å². The van der Waals surface area contributed by atoms with Crippen molar-refractivity contribution in [3.63, 3.8) is 0 Å². The highest BCUT2D eigenvalue weighted by molar-refractivity contribution is 6.00. The van der Waals surface area contributed by atoms with Gasteiger partial charge in [-0.05, 0) is 42.3 Å². The maximum atomic E-state index is 12.7. The van der Waals surface area contributed by atoms with Crippen LogP contribution in [0.2, 0.25) is 0 Å². The van der Waals surface area contributed by atoms with Crippen molar-refractivity contribution < 1.29 is 9.53 Å². The fourth-order valence-electron chi connectivity index (χ4n) is 2.57. The molecule has 0 fully saturated rings. The number of benzene rings is 1. The van der Waals surface area contributed by atoms with Gasteiger partial charge in [0.15, 0.2) is 0 Å². The second kappa shape index (κ2) is 6.12. The number of amides is 1. The molecule has 0 aliphatic heterocycles. The number of rotatable bonds is 4. The lowest BCUT2D eigenvalue weighted by atomic mass is 10.1. The molecule has 0 N–H and O–H groups in total. The zero-order valence-corrected chi connectivity index (χ0v) is 13.5. The Hall–Kier alpha value is -2.82. The molecule has 0 radical (unpaired) electrons. The van der Waals surface area contributed by atoms with Crippen LogP contribution in [0.5, 0.6) is 5.75 Å². The summed E-state index contributed by atoms with van der Waals surface area (Å²) in [6.45, 7) is 2.51. The fraction of sp³-hybridized carbons (Fsp3) is 0.222. The molecule has 5 heteroatoms. The molecule has 0 atom stereocenters. The van der Waals surface area contributed by atoms with Crippen molar-refractivity contribution in [2.75, 3.05) is 14.2 Å². The number of carbonyl (C=O) groups is 1. The lowest BCUT2D eigenvalue weighted by Crippen LogP contribution is -2.26. The fourth-order valence-corrected chi connectivity index (χ4v) is 2.57. The third-order valence-corrected chi connectivity index (χ3v) is 3.81. The Balaban J connectivity index is 1.84. The molecule has 1 amide bonds. The number of hydrogen-bond acceptors (Lipinski definition) is 3. The molecule has 3 rings (SSSR count). The van der Waals surface area contributed by atoms with Gasteiger partial charge in [-0.25, -0.2) is 4.52 Å². The van der Waals surface area contributed by atoms with Crippen LogP contribution < -0.4 is 4.74 Å². The van der Waals surface area contributed by atoms with Crippen LogP contribution in [0.4, 0.5) is 0 Å². The molecule has 0 aliphatic carbocycles. The maximum absolute atomic E-state index is 12.7. The first kappa shape index (κ1) is 15.1. The van der Waals surface area contributed by atoms with E-state index in [4.69, 9.17) is 4.74 Å². The van der Waals surface area contributed by atoms with E-state index in [1.54, 1.807) is 29.8 Å². The van der Waals surface area contributed by atoms with Crippen molar-refractivity contribution in [3.8, 4) is 5.75 Å². The number of ether oxygens (including phenoxy) is 1. The number of fused-ring (bicyclic) bond motifs is 1. The monoisotopic (exact) mass is 309 g/mol. The molecule has 0 saturated heterocycles. The van der Waals surface area contributed by atoms with Gasteiger partial charge >= 0.3 is 0 Å². The van der Waals surface area contributed by atoms with Crippen molar-refractivity contribution >= 4 is 11.4 Å². The standard InChI is InChI=1S/C18H19N3O2/c1-13-7-8-21-17(9-13)16(11-19-21)18(22)20(2)12-14-5-4-6-15(10-14)23-3/h4-11H,12H2,1-3H3. The summed E-state index contributed by atoms with van der Waals surface area (Å²) in [5, 5.41) is 4.25. The predicted molar refractivity (Wildman–Crippen MR) is 88.7 cm³/mol. The Labute approximate surface area is 135 Å². The predicted octanol–water partition coefficient (Wildman–Crippen LogP) is 2.92. The zero-order valence-electron chi connectivity index (χ0n) is 13.5. The highest BCUT2D eigenvalue weighted by atomic mass is 16.5. The highest BCUT2D eigenvalue weighted by Crippen LogP contribution is 2.17. The topological polar surface area (TPSA) is 46.8 Å². The quantitative estimate of drug-likeness (QED) is 0.744. The first-order valence-corrected chi connectivity index (χ1v) is 7.41. The van der Waals surface area contributed by atoms with E-state index < -0.39 is 0 Å². The van der Waals surface area contributed by atoms with E-state index in [0.29, 0.717) is 12.1 Å². The summed E-state index contributed by atoms with van der Waals surface area (Å²) in [6, 6.07) is 11.7. The van der Waals surface area contributed by atoms with Crippen LogP contribution in [0.15, 0.2) is 48.8 Å². The molecule has 0 saturated carbocycles. The lowest BCUT2D eigenvalue weighted by Gasteiger charge is -2.17. The van der Waals surface area contributed by atoms with Crippen molar-refractivity contribution in [3.05, 3.63) is 65.5 Å². The van der Waals surface area contributed by atoms with E-state index in [1.807, 2.05) is 49.5 Å². The van der Waals surface area contributed by atoms with Crippen LogP contribution in [-0.4, -0.2) is 34.6 Å². The van der Waals surface area contributed by atoms with Gasteiger partial charge in [0, 0.05) is 19.8 Å². The van der Waals surface area contributed by atoms with Crippen LogP contribution in [-0.2, 0) is 6.54 Å². The normalized spacial score (nSPS) is 10.7. The molecule has 2 heterocycles. The SMILES string of the molecule is COc1cccc(CN(C)C(=O)c2cnn3ccc(C)cc23)c1. The average Bonchev–Trinajstić information content (AvgIpc) is 2.97. The average molecular weight is 309 g/mol. The molecule has 2 aromatic heterocycles. The van der Waals surface area contributed by atoms with E-state index in [1.165, 1.54) is 0 Å². The van der Waals surface area contributed by atoms with Crippen LogP contribution in [0.25, 0.3) is 5.52 Å². The van der Waals surface area contributed by atoms with Crippen molar-refractivity contribution in [1.29, 1.82) is 0 Å². The summed E-state index contributed by atoms with van der Waals surface area (Å²) in [5.74, 6) is 0.739. The molecule has 0 bridgehead atoms. The summed E-state index contributed by atoms with van der Waals surface area (Å²) < 4.78 is 6.95. The van der Waals surface area contributed by atoms with E-state index in [2.05, 4.69) is 5.10 Å². The van der Waals surface area contributed by atoms with Gasteiger partial charge in [-0.2, -0.15) is 5.10 Å². The number of pyridine rings is 1. The molecule has 1 aromatic carbocycles. The summed E-state index contributed by atoms with van der Waals surface area (Å²) in [7, 11) is 3.43. The Bertz CT molecular complexity index is 854. The summed E-state index contributed by atoms with van der Waals surface area (Å²) in [5.41, 5.74) is 3.56. The smallest absolute Gasteiger partial charge is 0.257 e.